The summed E-state index contributed by atoms with van der Waals surface area (Å²) in [6.45, 7) is 6.20. The molecule has 0 spiro atoms. The first-order valence-corrected chi connectivity index (χ1v) is 10.2. The number of anilines is 1. The summed E-state index contributed by atoms with van der Waals surface area (Å²) < 4.78 is 27.7. The van der Waals surface area contributed by atoms with Gasteiger partial charge in [-0.1, -0.05) is 43.1 Å². The SMILES string of the molecule is Cc1ccc(NS(=O)(=O)c2ccc(Cl)c(C(=O)NCC(C)C)c2)cc1Cl. The largest absolute Gasteiger partial charge is 0.352 e. The highest BCUT2D eigenvalue weighted by molar-refractivity contribution is 7.92. The van der Waals surface area contributed by atoms with Crippen molar-refractivity contribution < 1.29 is 13.2 Å². The highest BCUT2D eigenvalue weighted by Gasteiger charge is 2.19. The van der Waals surface area contributed by atoms with E-state index in [2.05, 4.69) is 10.0 Å². The van der Waals surface area contributed by atoms with Crippen LogP contribution in [0.2, 0.25) is 10.0 Å². The summed E-state index contributed by atoms with van der Waals surface area (Å²) in [5, 5.41) is 3.36. The third-order valence-corrected chi connectivity index (χ3v) is 5.70. The van der Waals surface area contributed by atoms with E-state index < -0.39 is 15.9 Å². The third kappa shape index (κ3) is 5.13. The molecular weight excluding hydrogens is 395 g/mol. The van der Waals surface area contributed by atoms with Crippen molar-refractivity contribution in [1.29, 1.82) is 0 Å². The second-order valence-corrected chi connectivity index (χ2v) is 8.81. The fraction of sp³-hybridized carbons (Fsp3) is 0.278. The number of carbonyl (C=O) groups excluding carboxylic acids is 1. The van der Waals surface area contributed by atoms with Gasteiger partial charge >= 0.3 is 0 Å². The molecule has 0 aliphatic rings. The summed E-state index contributed by atoms with van der Waals surface area (Å²) in [5.74, 6) is -0.156. The number of sulfonamides is 1. The normalized spacial score (nSPS) is 11.5. The molecule has 0 saturated carbocycles. The van der Waals surface area contributed by atoms with E-state index in [1.165, 1.54) is 24.3 Å². The molecule has 0 aromatic heterocycles. The minimum atomic E-state index is -3.89. The van der Waals surface area contributed by atoms with Crippen LogP contribution in [0.4, 0.5) is 5.69 Å². The van der Waals surface area contributed by atoms with E-state index >= 15 is 0 Å². The molecule has 0 bridgehead atoms. The van der Waals surface area contributed by atoms with Crippen LogP contribution >= 0.6 is 23.2 Å². The van der Waals surface area contributed by atoms with Crippen molar-refractivity contribution in [2.75, 3.05) is 11.3 Å². The van der Waals surface area contributed by atoms with Gasteiger partial charge in [0, 0.05) is 11.6 Å². The van der Waals surface area contributed by atoms with Crippen LogP contribution in [0.3, 0.4) is 0 Å². The molecule has 0 saturated heterocycles. The van der Waals surface area contributed by atoms with E-state index in [9.17, 15) is 13.2 Å². The monoisotopic (exact) mass is 414 g/mol. The zero-order chi connectivity index (χ0) is 19.5. The van der Waals surface area contributed by atoms with Gasteiger partial charge in [-0.2, -0.15) is 0 Å². The molecule has 8 heteroatoms. The van der Waals surface area contributed by atoms with E-state index in [0.29, 0.717) is 17.3 Å². The standard InChI is InChI=1S/C18H20Cl2N2O3S/c1-11(2)10-21-18(23)15-9-14(6-7-16(15)19)26(24,25)22-13-5-4-12(3)17(20)8-13/h4-9,11,22H,10H2,1-3H3,(H,21,23). The van der Waals surface area contributed by atoms with Gasteiger partial charge in [0.15, 0.2) is 0 Å². The quantitative estimate of drug-likeness (QED) is 0.730. The predicted octanol–water partition coefficient (Wildman–Crippen LogP) is 4.49. The Labute approximate surface area is 163 Å². The van der Waals surface area contributed by atoms with Gasteiger partial charge in [0.05, 0.1) is 21.2 Å². The molecule has 5 nitrogen and oxygen atoms in total. The van der Waals surface area contributed by atoms with E-state index in [0.717, 1.165) is 5.56 Å². The summed E-state index contributed by atoms with van der Waals surface area (Å²) in [6, 6.07) is 8.86. The van der Waals surface area contributed by atoms with Gasteiger partial charge in [-0.05, 0) is 48.7 Å². The number of benzene rings is 2. The number of nitrogens with one attached hydrogen (secondary N) is 2. The molecule has 0 heterocycles. The highest BCUT2D eigenvalue weighted by atomic mass is 35.5. The first kappa shape index (κ1) is 20.6. The fourth-order valence-corrected chi connectivity index (χ4v) is 3.57. The highest BCUT2D eigenvalue weighted by Crippen LogP contribution is 2.25. The molecule has 140 valence electrons. The summed E-state index contributed by atoms with van der Waals surface area (Å²) in [4.78, 5) is 12.2. The summed E-state index contributed by atoms with van der Waals surface area (Å²) in [6.07, 6.45) is 0. The van der Waals surface area contributed by atoms with Crippen molar-refractivity contribution in [3.05, 3.63) is 57.6 Å². The van der Waals surface area contributed by atoms with Gasteiger partial charge in [0.25, 0.3) is 15.9 Å². The Hall–Kier alpha value is -1.76. The predicted molar refractivity (Wildman–Crippen MR) is 106 cm³/mol. The molecule has 0 fully saturated rings. The molecule has 2 aromatic carbocycles. The van der Waals surface area contributed by atoms with Gasteiger partial charge in [-0.15, -0.1) is 0 Å². The molecule has 1 amide bonds. The Morgan fingerprint density at radius 3 is 2.38 bits per heavy atom. The van der Waals surface area contributed by atoms with Gasteiger partial charge in [0.2, 0.25) is 0 Å². The third-order valence-electron chi connectivity index (χ3n) is 3.59. The van der Waals surface area contributed by atoms with Gasteiger partial charge in [0.1, 0.15) is 0 Å². The molecule has 2 aromatic rings. The fourth-order valence-electron chi connectivity index (χ4n) is 2.11. The van der Waals surface area contributed by atoms with Gasteiger partial charge in [-0.25, -0.2) is 8.42 Å². The Kier molecular flexibility index (Phi) is 6.55. The van der Waals surface area contributed by atoms with E-state index in [1.54, 1.807) is 12.1 Å². The summed E-state index contributed by atoms with van der Waals surface area (Å²) >= 11 is 12.1. The maximum absolute atomic E-state index is 12.6. The van der Waals surface area contributed by atoms with Crippen LogP contribution in [0.5, 0.6) is 0 Å². The van der Waals surface area contributed by atoms with Crippen molar-refractivity contribution in [3.63, 3.8) is 0 Å². The van der Waals surface area contributed by atoms with Crippen molar-refractivity contribution in [1.82, 2.24) is 5.32 Å². The Bertz CT molecular complexity index is 928. The van der Waals surface area contributed by atoms with Crippen LogP contribution in [0, 0.1) is 12.8 Å². The lowest BCUT2D eigenvalue weighted by atomic mass is 10.2. The van der Waals surface area contributed by atoms with Crippen LogP contribution in [0.25, 0.3) is 0 Å². The van der Waals surface area contributed by atoms with E-state index in [1.807, 2.05) is 20.8 Å². The van der Waals surface area contributed by atoms with Crippen molar-refractivity contribution >= 4 is 44.8 Å². The second-order valence-electron chi connectivity index (χ2n) is 6.31. The number of hydrogen-bond acceptors (Lipinski definition) is 3. The molecule has 0 atom stereocenters. The lowest BCUT2D eigenvalue weighted by Crippen LogP contribution is -2.27. The van der Waals surface area contributed by atoms with Gasteiger partial charge in [-0.3, -0.25) is 9.52 Å². The molecule has 0 unspecified atom stereocenters. The minimum Gasteiger partial charge on any atom is -0.352 e. The Morgan fingerprint density at radius 2 is 1.77 bits per heavy atom. The van der Waals surface area contributed by atoms with Crippen molar-refractivity contribution in [3.8, 4) is 0 Å². The molecule has 2 N–H and O–H groups in total. The number of halogens is 2. The summed E-state index contributed by atoms with van der Waals surface area (Å²) in [5.41, 5.74) is 1.28. The molecule has 2 rings (SSSR count). The van der Waals surface area contributed by atoms with Crippen molar-refractivity contribution in [2.24, 2.45) is 5.92 Å². The lowest BCUT2D eigenvalue weighted by Gasteiger charge is -2.12. The van der Waals surface area contributed by atoms with Crippen molar-refractivity contribution in [2.45, 2.75) is 25.7 Å². The van der Waals surface area contributed by atoms with E-state index in [4.69, 9.17) is 23.2 Å². The maximum atomic E-state index is 12.6. The van der Waals surface area contributed by atoms with Crippen LogP contribution in [-0.2, 0) is 10.0 Å². The summed E-state index contributed by atoms with van der Waals surface area (Å²) in [7, 11) is -3.89. The molecule has 0 aliphatic carbocycles. The lowest BCUT2D eigenvalue weighted by molar-refractivity contribution is 0.0949. The topological polar surface area (TPSA) is 75.3 Å². The Morgan fingerprint density at radius 1 is 1.08 bits per heavy atom. The van der Waals surface area contributed by atoms with E-state index in [-0.39, 0.29) is 21.4 Å². The zero-order valence-electron chi connectivity index (χ0n) is 14.6. The average Bonchev–Trinajstić information content (AvgIpc) is 2.56. The van der Waals surface area contributed by atoms with Crippen LogP contribution in [0.1, 0.15) is 29.8 Å². The van der Waals surface area contributed by atoms with Crippen LogP contribution < -0.4 is 10.0 Å². The minimum absolute atomic E-state index is 0.0618. The van der Waals surface area contributed by atoms with Crippen LogP contribution in [0.15, 0.2) is 41.3 Å². The molecular formula is C18H20Cl2N2O3S. The number of carbonyl (C=O) groups is 1. The molecule has 0 radical (unpaired) electrons. The number of amides is 1. The molecule has 26 heavy (non-hydrogen) atoms. The number of rotatable bonds is 6. The van der Waals surface area contributed by atoms with Gasteiger partial charge < -0.3 is 5.32 Å². The maximum Gasteiger partial charge on any atom is 0.261 e. The average molecular weight is 415 g/mol. The number of hydrogen-bond donors (Lipinski definition) is 2. The smallest absolute Gasteiger partial charge is 0.261 e. The second kappa shape index (κ2) is 8.29. The number of aryl methyl sites for hydroxylation is 1. The zero-order valence-corrected chi connectivity index (χ0v) is 17.0. The molecule has 0 aliphatic heterocycles. The first-order valence-electron chi connectivity index (χ1n) is 7.97. The first-order chi connectivity index (χ1) is 12.1. The Balaban J connectivity index is 2.30. The van der Waals surface area contributed by atoms with Crippen LogP contribution in [-0.4, -0.2) is 20.9 Å².